The van der Waals surface area contributed by atoms with Gasteiger partial charge in [-0.2, -0.15) is 0 Å². The van der Waals surface area contributed by atoms with Crippen LogP contribution in [0.15, 0.2) is 0 Å². The average molecular weight is 1420 g/mol. The summed E-state index contributed by atoms with van der Waals surface area (Å²) in [6.45, 7) is 14.2. The fourth-order valence-corrected chi connectivity index (χ4v) is 13.5. The number of hydrogen-bond acceptors (Lipinski definition) is 15. The molecule has 576 valence electrons. The van der Waals surface area contributed by atoms with Crippen molar-refractivity contribution >= 4 is 39.5 Å². The summed E-state index contributed by atoms with van der Waals surface area (Å²) < 4.78 is 68.6. The molecule has 0 heterocycles. The summed E-state index contributed by atoms with van der Waals surface area (Å²) in [5.74, 6) is 0.952. The fraction of sp³-hybridized carbons (Fsp3) is 0.949. The van der Waals surface area contributed by atoms with E-state index in [1.807, 2.05) is 0 Å². The third-order valence-electron chi connectivity index (χ3n) is 18.4. The van der Waals surface area contributed by atoms with Crippen LogP contribution in [-0.4, -0.2) is 96.7 Å². The molecule has 0 radical (unpaired) electrons. The van der Waals surface area contributed by atoms with Crippen LogP contribution in [0.5, 0.6) is 0 Å². The molecule has 6 atom stereocenters. The van der Waals surface area contributed by atoms with Gasteiger partial charge in [-0.3, -0.25) is 37.3 Å². The number of aliphatic hydroxyl groups is 1. The number of carbonyl (C=O) groups is 4. The van der Waals surface area contributed by atoms with Gasteiger partial charge in [-0.05, 0) is 49.4 Å². The van der Waals surface area contributed by atoms with Crippen molar-refractivity contribution in [2.75, 3.05) is 39.6 Å². The van der Waals surface area contributed by atoms with Gasteiger partial charge < -0.3 is 33.8 Å². The second-order valence-electron chi connectivity index (χ2n) is 29.8. The van der Waals surface area contributed by atoms with E-state index in [1.54, 1.807) is 0 Å². The smallest absolute Gasteiger partial charge is 0.462 e. The maximum atomic E-state index is 13.1. The SMILES string of the molecule is CCC(C)CCCCCCCCCCCCC(=O)O[C@H](COC(=O)CCCCCCCCCCCCCCCCCCC(C)C)COP(=O)(O)OC[C@@H](O)COP(=O)(O)OC[C@@H](COC(=O)CCCCCCCCC(C)C)OC(=O)CCCCCCCCCCCCCCC(C)C. The van der Waals surface area contributed by atoms with Gasteiger partial charge in [0, 0.05) is 25.7 Å². The highest BCUT2D eigenvalue weighted by Crippen LogP contribution is 2.45. The van der Waals surface area contributed by atoms with Crippen molar-refractivity contribution < 1.29 is 80.2 Å². The minimum absolute atomic E-state index is 0.105. The molecule has 0 aromatic heterocycles. The molecule has 19 heteroatoms. The zero-order valence-corrected chi connectivity index (χ0v) is 65.5. The second kappa shape index (κ2) is 67.2. The fourth-order valence-electron chi connectivity index (χ4n) is 11.9. The molecule has 0 saturated carbocycles. The minimum atomic E-state index is -4.96. The quantitative estimate of drug-likeness (QED) is 0.0222. The number of phosphoric acid groups is 2. The maximum Gasteiger partial charge on any atom is 0.472 e. The highest BCUT2D eigenvalue weighted by atomic mass is 31.2. The Labute approximate surface area is 594 Å². The molecule has 0 fully saturated rings. The lowest BCUT2D eigenvalue weighted by molar-refractivity contribution is -0.161. The van der Waals surface area contributed by atoms with Crippen molar-refractivity contribution in [2.24, 2.45) is 23.7 Å². The standard InChI is InChI=1S/C78H152O17P2/c1-9-71(8)57-49-41-32-26-22-23-29-35-45-53-61-78(83)94-73(64-88-75(80)58-50-42-33-27-20-15-13-11-10-12-14-18-24-30-38-46-54-68(2)3)66-92-96(84,85)90-62-72(79)63-91-97(86,87)93-67-74(65-89-76(81)59-51-43-37-36-40-48-56-70(6)7)95-77(82)60-52-44-34-28-21-17-16-19-25-31-39-47-55-69(4)5/h68-74,79H,9-67H2,1-8H3,(H,84,85)(H,86,87)/t71?,72-,73-,74-/m1/s1. The van der Waals surface area contributed by atoms with Gasteiger partial charge in [-0.15, -0.1) is 0 Å². The summed E-state index contributed by atoms with van der Waals surface area (Å²) in [7, 11) is -9.92. The molecule has 0 spiro atoms. The molecule has 3 N–H and O–H groups in total. The summed E-state index contributed by atoms with van der Waals surface area (Å²) in [6, 6.07) is 0. The summed E-state index contributed by atoms with van der Waals surface area (Å²) in [6.07, 6.45) is 52.8. The molecule has 3 unspecified atom stereocenters. The number of rotatable bonds is 75. The number of ether oxygens (including phenoxy) is 4. The summed E-state index contributed by atoms with van der Waals surface area (Å²) in [5, 5.41) is 10.6. The first-order chi connectivity index (χ1) is 46.6. The third kappa shape index (κ3) is 70.9. The number of hydrogen-bond donors (Lipinski definition) is 3. The molecule has 0 rings (SSSR count). The molecular weight excluding hydrogens is 1270 g/mol. The Bertz CT molecular complexity index is 1900. The van der Waals surface area contributed by atoms with E-state index in [2.05, 4.69) is 55.4 Å². The highest BCUT2D eigenvalue weighted by Gasteiger charge is 2.30. The van der Waals surface area contributed by atoms with E-state index < -0.39 is 97.5 Å². The molecule has 0 aromatic rings. The number of phosphoric ester groups is 2. The van der Waals surface area contributed by atoms with Crippen molar-refractivity contribution in [3.63, 3.8) is 0 Å². The van der Waals surface area contributed by atoms with E-state index >= 15 is 0 Å². The van der Waals surface area contributed by atoms with Crippen LogP contribution in [0.25, 0.3) is 0 Å². The minimum Gasteiger partial charge on any atom is -0.462 e. The molecular formula is C78H152O17P2. The lowest BCUT2D eigenvalue weighted by atomic mass is 9.99. The molecule has 0 aliphatic heterocycles. The predicted molar refractivity (Wildman–Crippen MR) is 395 cm³/mol. The molecule has 0 saturated heterocycles. The number of esters is 4. The average Bonchev–Trinajstić information content (AvgIpc) is 1.68. The lowest BCUT2D eigenvalue weighted by Crippen LogP contribution is -2.30. The van der Waals surface area contributed by atoms with Gasteiger partial charge in [0.25, 0.3) is 0 Å². The summed E-state index contributed by atoms with van der Waals surface area (Å²) in [5.41, 5.74) is 0. The van der Waals surface area contributed by atoms with Crippen LogP contribution in [-0.2, 0) is 65.4 Å². The van der Waals surface area contributed by atoms with Crippen LogP contribution in [0, 0.1) is 23.7 Å². The number of aliphatic hydroxyl groups excluding tert-OH is 1. The van der Waals surface area contributed by atoms with E-state index in [0.29, 0.717) is 31.6 Å². The molecule has 0 aromatic carbocycles. The first-order valence-corrected chi connectivity index (χ1v) is 43.2. The molecule has 0 aliphatic rings. The summed E-state index contributed by atoms with van der Waals surface area (Å²) in [4.78, 5) is 72.9. The van der Waals surface area contributed by atoms with Crippen LogP contribution in [0.4, 0.5) is 0 Å². The van der Waals surface area contributed by atoms with Crippen molar-refractivity contribution in [1.82, 2.24) is 0 Å². The Balaban J connectivity index is 5.22. The van der Waals surface area contributed by atoms with Gasteiger partial charge >= 0.3 is 39.5 Å². The van der Waals surface area contributed by atoms with E-state index in [9.17, 15) is 43.2 Å². The van der Waals surface area contributed by atoms with Gasteiger partial charge in [0.15, 0.2) is 12.2 Å². The van der Waals surface area contributed by atoms with Gasteiger partial charge in [0.05, 0.1) is 26.4 Å². The third-order valence-corrected chi connectivity index (χ3v) is 20.3. The Morgan fingerprint density at radius 3 is 0.732 bits per heavy atom. The van der Waals surface area contributed by atoms with Gasteiger partial charge in [0.1, 0.15) is 19.3 Å². The van der Waals surface area contributed by atoms with E-state index in [0.717, 1.165) is 114 Å². The van der Waals surface area contributed by atoms with Gasteiger partial charge in [-0.1, -0.05) is 344 Å². The Hall–Kier alpha value is -1.94. The Morgan fingerprint density at radius 1 is 0.289 bits per heavy atom. The zero-order valence-electron chi connectivity index (χ0n) is 63.7. The number of unbranched alkanes of at least 4 members (excludes halogenated alkanes) is 40. The second-order valence-corrected chi connectivity index (χ2v) is 32.7. The van der Waals surface area contributed by atoms with Crippen LogP contribution >= 0.6 is 15.6 Å². The molecule has 97 heavy (non-hydrogen) atoms. The lowest BCUT2D eigenvalue weighted by Gasteiger charge is -2.21. The maximum absolute atomic E-state index is 13.1. The molecule has 0 aliphatic carbocycles. The van der Waals surface area contributed by atoms with E-state index in [4.69, 9.17) is 37.0 Å². The van der Waals surface area contributed by atoms with E-state index in [-0.39, 0.29) is 25.7 Å². The van der Waals surface area contributed by atoms with E-state index in [1.165, 1.54) is 193 Å². The Kier molecular flexibility index (Phi) is 65.9. The monoisotopic (exact) mass is 1420 g/mol. The van der Waals surface area contributed by atoms with Crippen LogP contribution < -0.4 is 0 Å². The highest BCUT2D eigenvalue weighted by molar-refractivity contribution is 7.47. The largest absolute Gasteiger partial charge is 0.472 e. The van der Waals surface area contributed by atoms with Gasteiger partial charge in [-0.25, -0.2) is 9.13 Å². The first-order valence-electron chi connectivity index (χ1n) is 40.2. The Morgan fingerprint density at radius 2 is 0.495 bits per heavy atom. The summed E-state index contributed by atoms with van der Waals surface area (Å²) >= 11 is 0. The number of carbonyl (C=O) groups excluding carboxylic acids is 4. The first kappa shape index (κ1) is 95.1. The van der Waals surface area contributed by atoms with Crippen molar-refractivity contribution in [2.45, 2.75) is 414 Å². The van der Waals surface area contributed by atoms with Crippen LogP contribution in [0.3, 0.4) is 0 Å². The van der Waals surface area contributed by atoms with Crippen molar-refractivity contribution in [3.8, 4) is 0 Å². The zero-order chi connectivity index (χ0) is 71.7. The van der Waals surface area contributed by atoms with Crippen molar-refractivity contribution in [1.29, 1.82) is 0 Å². The predicted octanol–water partition coefficient (Wildman–Crippen LogP) is 22.8. The van der Waals surface area contributed by atoms with Crippen LogP contribution in [0.1, 0.15) is 396 Å². The topological polar surface area (TPSA) is 237 Å². The van der Waals surface area contributed by atoms with Crippen molar-refractivity contribution in [3.05, 3.63) is 0 Å². The molecule has 17 nitrogen and oxygen atoms in total. The van der Waals surface area contributed by atoms with Gasteiger partial charge in [0.2, 0.25) is 0 Å². The molecule has 0 bridgehead atoms. The normalized spacial score (nSPS) is 14.4. The van der Waals surface area contributed by atoms with Crippen LogP contribution in [0.2, 0.25) is 0 Å². The molecule has 0 amide bonds.